The van der Waals surface area contributed by atoms with E-state index in [4.69, 9.17) is 9.47 Å². The lowest BCUT2D eigenvalue weighted by Gasteiger charge is -2.15. The zero-order valence-electron chi connectivity index (χ0n) is 15.0. The molecule has 0 aliphatic carbocycles. The van der Waals surface area contributed by atoms with Crippen LogP contribution in [0.3, 0.4) is 0 Å². The van der Waals surface area contributed by atoms with Gasteiger partial charge in [0.1, 0.15) is 0 Å². The van der Waals surface area contributed by atoms with Crippen molar-refractivity contribution < 1.29 is 19.1 Å². The van der Waals surface area contributed by atoms with Crippen molar-refractivity contribution in [2.45, 2.75) is 6.92 Å². The first-order valence-corrected chi connectivity index (χ1v) is 8.18. The van der Waals surface area contributed by atoms with Crippen molar-refractivity contribution in [3.8, 4) is 11.5 Å². The van der Waals surface area contributed by atoms with Gasteiger partial charge in [-0.05, 0) is 56.9 Å². The van der Waals surface area contributed by atoms with E-state index < -0.39 is 0 Å². The molecule has 26 heavy (non-hydrogen) atoms. The third-order valence-corrected chi connectivity index (χ3v) is 3.79. The molecular formula is C19H21N3O4. The molecule has 1 heterocycles. The number of carbonyl (C=O) groups is 2. The summed E-state index contributed by atoms with van der Waals surface area (Å²) in [5, 5.41) is 5.68. The van der Waals surface area contributed by atoms with E-state index in [1.54, 1.807) is 29.2 Å². The minimum absolute atomic E-state index is 0.153. The fourth-order valence-corrected chi connectivity index (χ4v) is 2.58. The lowest BCUT2D eigenvalue weighted by molar-refractivity contribution is -0.116. The molecule has 7 nitrogen and oxygen atoms in total. The van der Waals surface area contributed by atoms with Crippen LogP contribution in [0.1, 0.15) is 15.9 Å². The molecule has 2 aromatic rings. The molecule has 2 N–H and O–H groups in total. The number of fused-ring (bicyclic) bond motifs is 1. The number of likely N-dealkylation sites (N-methyl/N-ethyl adjacent to an activating group) is 1. The van der Waals surface area contributed by atoms with Gasteiger partial charge in [0.15, 0.2) is 11.5 Å². The van der Waals surface area contributed by atoms with Crippen LogP contribution < -0.4 is 20.1 Å². The van der Waals surface area contributed by atoms with Crippen molar-refractivity contribution in [3.05, 3.63) is 47.5 Å². The third-order valence-electron chi connectivity index (χ3n) is 3.79. The van der Waals surface area contributed by atoms with Gasteiger partial charge in [-0.25, -0.2) is 0 Å². The van der Waals surface area contributed by atoms with Gasteiger partial charge in [0.25, 0.3) is 5.91 Å². The highest BCUT2D eigenvalue weighted by molar-refractivity contribution is 6.07. The molecule has 0 aromatic heterocycles. The van der Waals surface area contributed by atoms with Gasteiger partial charge < -0.3 is 25.0 Å². The van der Waals surface area contributed by atoms with Gasteiger partial charge in [0.2, 0.25) is 12.7 Å². The maximum Gasteiger partial charge on any atom is 0.255 e. The lowest BCUT2D eigenvalue weighted by Crippen LogP contribution is -2.27. The summed E-state index contributed by atoms with van der Waals surface area (Å²) in [7, 11) is 3.63. The summed E-state index contributed by atoms with van der Waals surface area (Å²) in [5.41, 5.74) is 2.51. The van der Waals surface area contributed by atoms with Gasteiger partial charge >= 0.3 is 0 Å². The normalized spacial score (nSPS) is 12.2. The molecule has 2 aromatic carbocycles. The SMILES string of the molecule is Cc1ccc(NC(=O)CN(C)C)c(NC(=O)c2ccc3c(c2)OCO3)c1. The smallest absolute Gasteiger partial charge is 0.255 e. The summed E-state index contributed by atoms with van der Waals surface area (Å²) < 4.78 is 10.6. The van der Waals surface area contributed by atoms with E-state index >= 15 is 0 Å². The van der Waals surface area contributed by atoms with Gasteiger partial charge in [-0.3, -0.25) is 9.59 Å². The van der Waals surface area contributed by atoms with Crippen LogP contribution in [-0.4, -0.2) is 44.1 Å². The molecule has 2 amide bonds. The van der Waals surface area contributed by atoms with Crippen molar-refractivity contribution in [1.82, 2.24) is 4.90 Å². The van der Waals surface area contributed by atoms with Gasteiger partial charge in [-0.2, -0.15) is 0 Å². The predicted octanol–water partition coefficient (Wildman–Crippen LogP) is 2.48. The first-order chi connectivity index (χ1) is 12.4. The Morgan fingerprint density at radius 3 is 2.54 bits per heavy atom. The molecule has 0 atom stereocenters. The first kappa shape index (κ1) is 17.8. The number of aryl methyl sites for hydroxylation is 1. The Labute approximate surface area is 151 Å². The monoisotopic (exact) mass is 355 g/mol. The fraction of sp³-hybridized carbons (Fsp3) is 0.263. The number of nitrogens with one attached hydrogen (secondary N) is 2. The average molecular weight is 355 g/mol. The molecule has 0 radical (unpaired) electrons. The summed E-state index contributed by atoms with van der Waals surface area (Å²) in [4.78, 5) is 26.4. The average Bonchev–Trinajstić information content (AvgIpc) is 3.04. The van der Waals surface area contributed by atoms with Crippen LogP contribution in [0.15, 0.2) is 36.4 Å². The molecular weight excluding hydrogens is 334 g/mol. The highest BCUT2D eigenvalue weighted by atomic mass is 16.7. The summed E-state index contributed by atoms with van der Waals surface area (Å²) in [6, 6.07) is 10.5. The van der Waals surface area contributed by atoms with E-state index in [1.807, 2.05) is 33.2 Å². The van der Waals surface area contributed by atoms with E-state index in [1.165, 1.54) is 0 Å². The quantitative estimate of drug-likeness (QED) is 0.861. The van der Waals surface area contributed by atoms with E-state index in [0.29, 0.717) is 28.4 Å². The first-order valence-electron chi connectivity index (χ1n) is 8.18. The van der Waals surface area contributed by atoms with Crippen LogP contribution in [0.2, 0.25) is 0 Å². The zero-order valence-corrected chi connectivity index (χ0v) is 15.0. The maximum atomic E-state index is 12.6. The highest BCUT2D eigenvalue weighted by Crippen LogP contribution is 2.33. The molecule has 3 rings (SSSR count). The minimum atomic E-state index is -0.294. The molecule has 0 saturated heterocycles. The Morgan fingerprint density at radius 1 is 1.00 bits per heavy atom. The number of hydrogen-bond donors (Lipinski definition) is 2. The van der Waals surface area contributed by atoms with E-state index in [-0.39, 0.29) is 25.2 Å². The van der Waals surface area contributed by atoms with E-state index in [9.17, 15) is 9.59 Å². The number of anilines is 2. The van der Waals surface area contributed by atoms with Gasteiger partial charge in [0.05, 0.1) is 17.9 Å². The summed E-state index contributed by atoms with van der Waals surface area (Å²) in [5.74, 6) is 0.713. The second kappa shape index (κ2) is 7.45. The minimum Gasteiger partial charge on any atom is -0.454 e. The van der Waals surface area contributed by atoms with Gasteiger partial charge in [-0.15, -0.1) is 0 Å². The van der Waals surface area contributed by atoms with Crippen molar-refractivity contribution >= 4 is 23.2 Å². The molecule has 0 spiro atoms. The largest absolute Gasteiger partial charge is 0.454 e. The zero-order chi connectivity index (χ0) is 18.7. The molecule has 0 saturated carbocycles. The van der Waals surface area contributed by atoms with Crippen molar-refractivity contribution in [2.75, 3.05) is 38.1 Å². The van der Waals surface area contributed by atoms with Crippen LogP contribution in [0.4, 0.5) is 11.4 Å². The maximum absolute atomic E-state index is 12.6. The number of carbonyl (C=O) groups excluding carboxylic acids is 2. The molecule has 7 heteroatoms. The Kier molecular flexibility index (Phi) is 5.09. The Morgan fingerprint density at radius 2 is 1.77 bits per heavy atom. The Bertz CT molecular complexity index is 849. The van der Waals surface area contributed by atoms with Crippen molar-refractivity contribution in [2.24, 2.45) is 0 Å². The number of ether oxygens (including phenoxy) is 2. The van der Waals surface area contributed by atoms with Crippen LogP contribution in [0.5, 0.6) is 11.5 Å². The summed E-state index contributed by atoms with van der Waals surface area (Å²) >= 11 is 0. The molecule has 1 aliphatic rings. The number of amides is 2. The molecule has 136 valence electrons. The molecule has 0 bridgehead atoms. The Hall–Kier alpha value is -3.06. The van der Waals surface area contributed by atoms with Crippen LogP contribution in [-0.2, 0) is 4.79 Å². The van der Waals surface area contributed by atoms with Crippen LogP contribution >= 0.6 is 0 Å². The Balaban J connectivity index is 1.79. The van der Waals surface area contributed by atoms with Gasteiger partial charge in [0, 0.05) is 5.56 Å². The number of rotatable bonds is 5. The third kappa shape index (κ3) is 4.12. The number of nitrogens with zero attached hydrogens (tertiary/aromatic N) is 1. The fourth-order valence-electron chi connectivity index (χ4n) is 2.58. The molecule has 0 unspecified atom stereocenters. The van der Waals surface area contributed by atoms with E-state index in [0.717, 1.165) is 5.56 Å². The summed E-state index contributed by atoms with van der Waals surface area (Å²) in [6.45, 7) is 2.32. The van der Waals surface area contributed by atoms with Gasteiger partial charge in [-0.1, -0.05) is 6.07 Å². The highest BCUT2D eigenvalue weighted by Gasteiger charge is 2.17. The van der Waals surface area contributed by atoms with Crippen molar-refractivity contribution in [1.29, 1.82) is 0 Å². The van der Waals surface area contributed by atoms with E-state index in [2.05, 4.69) is 10.6 Å². The molecule has 1 aliphatic heterocycles. The predicted molar refractivity (Wildman–Crippen MR) is 98.9 cm³/mol. The summed E-state index contributed by atoms with van der Waals surface area (Å²) in [6.07, 6.45) is 0. The second-order valence-electron chi connectivity index (χ2n) is 6.36. The number of hydrogen-bond acceptors (Lipinski definition) is 5. The lowest BCUT2D eigenvalue weighted by atomic mass is 10.1. The number of benzene rings is 2. The van der Waals surface area contributed by atoms with Crippen molar-refractivity contribution in [3.63, 3.8) is 0 Å². The molecule has 0 fully saturated rings. The van der Waals surface area contributed by atoms with Crippen LogP contribution in [0, 0.1) is 6.92 Å². The topological polar surface area (TPSA) is 79.9 Å². The second-order valence-corrected chi connectivity index (χ2v) is 6.36. The standard InChI is InChI=1S/C19H21N3O4/c1-12-4-6-14(20-18(23)10-22(2)3)15(8-12)21-19(24)13-5-7-16-17(9-13)26-11-25-16/h4-9H,10-11H2,1-3H3,(H,20,23)(H,21,24). The van der Waals surface area contributed by atoms with Crippen LogP contribution in [0.25, 0.3) is 0 Å².